The number of ether oxygens (including phenoxy) is 6. The zero-order valence-corrected chi connectivity index (χ0v) is 52.3. The van der Waals surface area contributed by atoms with Crippen molar-refractivity contribution in [3.05, 3.63) is 131 Å². The molecular weight excluding hydrogens is 1170 g/mol. The number of unbranched alkanes of at least 4 members (excludes halogenated alkanes) is 2. The van der Waals surface area contributed by atoms with Gasteiger partial charge in [0, 0.05) is 68.6 Å². The number of benzene rings is 4. The summed E-state index contributed by atoms with van der Waals surface area (Å²) in [5, 5.41) is 23.8. The predicted octanol–water partition coefficient (Wildman–Crippen LogP) is 6.92. The minimum Gasteiger partial charge on any atom is -0.493 e. The Morgan fingerprint density at radius 2 is 1.54 bits per heavy atom. The Bertz CT molecular complexity index is 3340. The number of hydrogen-bond acceptors (Lipinski definition) is 17. The third-order valence-corrected chi connectivity index (χ3v) is 17.5. The van der Waals surface area contributed by atoms with Crippen LogP contribution in [0.15, 0.2) is 103 Å². The quantitative estimate of drug-likeness (QED) is 0.00807. The van der Waals surface area contributed by atoms with Crippen LogP contribution in [0.25, 0.3) is 0 Å². The molecule has 8 rings (SSSR count). The molecule has 2 aliphatic carbocycles. The van der Waals surface area contributed by atoms with Crippen LogP contribution in [-0.2, 0) is 63.1 Å². The number of amidine groups is 2. The Morgan fingerprint density at radius 3 is 2.27 bits per heavy atom. The van der Waals surface area contributed by atoms with Gasteiger partial charge in [-0.3, -0.25) is 39.7 Å². The fourth-order valence-electron chi connectivity index (χ4n) is 12.8. The summed E-state index contributed by atoms with van der Waals surface area (Å²) < 4.78 is 35.9. The molecule has 2 bridgehead atoms. The summed E-state index contributed by atoms with van der Waals surface area (Å²) in [6.45, 7) is 2.41. The number of hydrogen-bond donors (Lipinski definition) is 7. The van der Waals surface area contributed by atoms with Crippen LogP contribution in [0.3, 0.4) is 0 Å². The van der Waals surface area contributed by atoms with E-state index in [1.807, 2.05) is 42.5 Å². The maximum atomic E-state index is 14.6. The van der Waals surface area contributed by atoms with Gasteiger partial charge in [-0.1, -0.05) is 61.4 Å². The molecule has 2 heterocycles. The maximum absolute atomic E-state index is 14.6. The van der Waals surface area contributed by atoms with Gasteiger partial charge < -0.3 is 65.5 Å². The molecule has 9 N–H and O–H groups in total. The van der Waals surface area contributed by atoms with Crippen molar-refractivity contribution in [2.24, 2.45) is 23.3 Å². The van der Waals surface area contributed by atoms with Gasteiger partial charge in [-0.25, -0.2) is 9.59 Å². The van der Waals surface area contributed by atoms with Crippen LogP contribution in [0.1, 0.15) is 129 Å². The summed E-state index contributed by atoms with van der Waals surface area (Å²) >= 11 is 0. The van der Waals surface area contributed by atoms with E-state index in [9.17, 15) is 38.4 Å². The van der Waals surface area contributed by atoms with Crippen LogP contribution >= 0.6 is 0 Å². The normalized spacial score (nSPS) is 18.5. The second kappa shape index (κ2) is 32.1. The smallest absolute Gasteiger partial charge is 0.415 e. The zero-order valence-electron chi connectivity index (χ0n) is 52.3. The number of nitrogens with zero attached hydrogens (tertiary/aromatic N) is 2. The Kier molecular flexibility index (Phi) is 23.9. The lowest BCUT2D eigenvalue weighted by Crippen LogP contribution is -2.63. The van der Waals surface area contributed by atoms with Gasteiger partial charge >= 0.3 is 18.0 Å². The largest absolute Gasteiger partial charge is 0.493 e. The monoisotopic (exact) mass is 1250 g/mol. The number of methoxy groups -OCH3 is 1. The Hall–Kier alpha value is -9.12. The van der Waals surface area contributed by atoms with Gasteiger partial charge in [0.05, 0.1) is 43.4 Å². The number of piperidine rings is 1. The third-order valence-electron chi connectivity index (χ3n) is 17.5. The first kappa shape index (κ1) is 67.8. The number of likely N-dealkylation sites (N-methyl/N-ethyl adjacent to an activating group) is 2. The molecule has 0 radical (unpaired) electrons. The maximum Gasteiger partial charge on any atom is 0.415 e. The third kappa shape index (κ3) is 17.9. The second-order valence-corrected chi connectivity index (χ2v) is 23.9. The van der Waals surface area contributed by atoms with Crippen molar-refractivity contribution in [2.75, 3.05) is 47.4 Å². The first-order chi connectivity index (χ1) is 43.7. The number of allylic oxidation sites excluding steroid dienone is 1. The first-order valence-corrected chi connectivity index (χ1v) is 31.2. The van der Waals surface area contributed by atoms with E-state index in [4.69, 9.17) is 50.7 Å². The molecule has 23 nitrogen and oxygen atoms in total. The predicted molar refractivity (Wildman–Crippen MR) is 338 cm³/mol. The minimum absolute atomic E-state index is 0.00987. The molecule has 23 heteroatoms. The van der Waals surface area contributed by atoms with Gasteiger partial charge in [0.1, 0.15) is 42.3 Å². The van der Waals surface area contributed by atoms with Crippen molar-refractivity contribution in [3.63, 3.8) is 0 Å². The van der Waals surface area contributed by atoms with E-state index in [1.165, 1.54) is 24.4 Å². The van der Waals surface area contributed by atoms with E-state index in [1.54, 1.807) is 55.6 Å². The number of amides is 4. The minimum atomic E-state index is -1.25. The van der Waals surface area contributed by atoms with Crippen LogP contribution in [-0.4, -0.2) is 140 Å². The van der Waals surface area contributed by atoms with Crippen LogP contribution in [0.4, 0.5) is 4.79 Å². The molecule has 2 unspecified atom stereocenters. The molecule has 1 fully saturated rings. The molecule has 0 saturated carbocycles. The van der Waals surface area contributed by atoms with Gasteiger partial charge in [-0.2, -0.15) is 0 Å². The van der Waals surface area contributed by atoms with E-state index >= 15 is 0 Å². The fourth-order valence-corrected chi connectivity index (χ4v) is 12.8. The Labute approximate surface area is 530 Å². The van der Waals surface area contributed by atoms with Crippen molar-refractivity contribution in [3.8, 4) is 23.0 Å². The number of likely N-dealkylation sites (tertiary alicyclic amines) is 1. The average molecular weight is 1250 g/mol. The van der Waals surface area contributed by atoms with Gasteiger partial charge in [0.2, 0.25) is 17.7 Å². The summed E-state index contributed by atoms with van der Waals surface area (Å²) in [4.78, 5) is 112. The standard InChI is InChI=1S/C68H85N9O14/c1-42(78)20-31-59(80)75-51(18-8-9-19-57(69)70)54(79)28-27-52(77(3)67(85)90-56-30-26-50-53-39-46-23-29-55(86-4)62-61(46)68(50,63(56)91-62)32-35-76(53)2)65(83)73-33-11-10-16-47(40-60(81)88-41-43-13-6-5-7-14-43)64(82)74-34-36-87-48-24-21-45(22-25-48)66(84)89-49-17-12-15-44(37-49)38-58(71)72/h5-7,12-15,17,21-25,29-30,37,47,50-53,63H,8-11,16,18-20,26-28,31-36,38-41H2,1-4H3,(H3,69,70)(H3,71,72)(H,73,83)(H,74,82)(H,75,80)/t47-,50+,51+,52?,53-,63?,68+/m1/s1. The highest BCUT2D eigenvalue weighted by molar-refractivity contribution is 5.92. The van der Waals surface area contributed by atoms with E-state index in [-0.39, 0.29) is 113 Å². The number of carbonyl (C=O) groups excluding carboxylic acids is 8. The summed E-state index contributed by atoms with van der Waals surface area (Å²) in [6, 6.07) is 24.2. The molecule has 1 spiro atoms. The van der Waals surface area contributed by atoms with Crippen LogP contribution in [0.5, 0.6) is 23.0 Å². The number of esters is 2. The van der Waals surface area contributed by atoms with Crippen LogP contribution < -0.4 is 46.4 Å². The number of Topliss-reactive ketones (excluding diaryl/α,β-unsaturated/α-hetero) is 2. The Balaban J connectivity index is 0.910. The average Bonchev–Trinajstić information content (AvgIpc) is 1.58. The zero-order chi connectivity index (χ0) is 65.2. The molecule has 0 aromatic heterocycles. The molecule has 91 heavy (non-hydrogen) atoms. The highest BCUT2D eigenvalue weighted by Crippen LogP contribution is 2.64. The van der Waals surface area contributed by atoms with Crippen molar-refractivity contribution >= 4 is 59.0 Å². The van der Waals surface area contributed by atoms with Gasteiger partial charge in [0.15, 0.2) is 23.4 Å². The topological polar surface area (TPSA) is 334 Å². The van der Waals surface area contributed by atoms with Gasteiger partial charge in [0.25, 0.3) is 0 Å². The lowest BCUT2D eigenvalue weighted by atomic mass is 9.53. The van der Waals surface area contributed by atoms with Crippen LogP contribution in [0, 0.1) is 22.7 Å². The number of rotatable bonds is 35. The highest BCUT2D eigenvalue weighted by Gasteiger charge is 2.65. The molecule has 7 atom stereocenters. The van der Waals surface area contributed by atoms with E-state index in [0.29, 0.717) is 67.3 Å². The van der Waals surface area contributed by atoms with Crippen molar-refractivity contribution in [1.82, 2.24) is 25.8 Å². The van der Waals surface area contributed by atoms with Gasteiger partial charge in [-0.15, -0.1) is 0 Å². The molecule has 4 amide bonds. The Morgan fingerprint density at radius 1 is 0.791 bits per heavy atom. The SMILES string of the molecule is COc1ccc2c3c1OC1C(OC(=O)N(C)C(CCC(=O)[C@H](CCCCC(=N)N)NC(=O)CCC(C)=O)C(=O)NCCCC[C@H](CC(=O)OCc4ccccc4)C(=O)NCCOc4ccc(C(=O)Oc5cccc(CC(=N)N)c5)cc4)=CC[C@H]4[C@@H](C2)N(C)CC[C@]314. The molecule has 486 valence electrons. The second-order valence-electron chi connectivity index (χ2n) is 23.9. The summed E-state index contributed by atoms with van der Waals surface area (Å²) in [7, 11) is 5.17. The van der Waals surface area contributed by atoms with Gasteiger partial charge in [-0.05, 0) is 143 Å². The van der Waals surface area contributed by atoms with Crippen molar-refractivity contribution in [1.29, 1.82) is 10.8 Å². The molecule has 4 aromatic carbocycles. The van der Waals surface area contributed by atoms with E-state index in [0.717, 1.165) is 36.1 Å². The molecule has 4 aromatic rings. The molecule has 4 aliphatic rings. The number of nitrogens with two attached hydrogens (primary N) is 2. The lowest BCUT2D eigenvalue weighted by molar-refractivity contribution is -0.148. The summed E-state index contributed by atoms with van der Waals surface area (Å²) in [5.41, 5.74) is 14.7. The summed E-state index contributed by atoms with van der Waals surface area (Å²) in [6.07, 6.45) is 4.48. The first-order valence-electron chi connectivity index (χ1n) is 31.2. The van der Waals surface area contributed by atoms with Crippen molar-refractivity contribution in [2.45, 2.75) is 146 Å². The highest BCUT2D eigenvalue weighted by atomic mass is 16.6. The van der Waals surface area contributed by atoms with E-state index in [2.05, 4.69) is 34.0 Å². The molecule has 2 aliphatic heterocycles. The van der Waals surface area contributed by atoms with Crippen LogP contribution in [0.2, 0.25) is 0 Å². The number of ketones is 2. The van der Waals surface area contributed by atoms with Crippen molar-refractivity contribution < 1.29 is 66.8 Å². The van der Waals surface area contributed by atoms with E-state index < -0.39 is 71.1 Å². The summed E-state index contributed by atoms with van der Waals surface area (Å²) in [5.74, 6) is -1.64. The number of carbonyl (C=O) groups is 8. The number of nitrogens with one attached hydrogen (secondary N) is 5. The molecule has 1 saturated heterocycles. The molecular formula is C68H85N9O14. The fraction of sp³-hybridized carbons (Fsp3) is 0.471. The lowest BCUT2D eigenvalue weighted by Gasteiger charge is -2.56.